The third-order valence-corrected chi connectivity index (χ3v) is 6.18. The predicted molar refractivity (Wildman–Crippen MR) is 96.2 cm³/mol. The molecule has 0 bridgehead atoms. The minimum Gasteiger partial charge on any atom is -0.453 e. The van der Waals surface area contributed by atoms with E-state index >= 15 is 0 Å². The molecule has 1 fully saturated rings. The fraction of sp³-hybridized carbons (Fsp3) is 0.467. The Kier molecular flexibility index (Phi) is 5.29. The van der Waals surface area contributed by atoms with Crippen LogP contribution >= 0.6 is 23.1 Å². The van der Waals surface area contributed by atoms with Gasteiger partial charge in [0.25, 0.3) is 0 Å². The van der Waals surface area contributed by atoms with Gasteiger partial charge in [-0.2, -0.15) is 13.2 Å². The number of hydrogen-bond acceptors (Lipinski definition) is 9. The number of aryl methyl sites for hydroxylation is 1. The van der Waals surface area contributed by atoms with Crippen molar-refractivity contribution < 1.29 is 17.6 Å². The van der Waals surface area contributed by atoms with Crippen LogP contribution < -0.4 is 4.90 Å². The number of anilines is 1. The second-order valence-corrected chi connectivity index (χ2v) is 8.13. The Hall–Kier alpha value is -2.12. The summed E-state index contributed by atoms with van der Waals surface area (Å²) in [7, 11) is 1.86. The molecule has 0 aromatic carbocycles. The van der Waals surface area contributed by atoms with E-state index in [4.69, 9.17) is 4.42 Å². The molecule has 0 atom stereocenters. The maximum absolute atomic E-state index is 12.7. The maximum Gasteiger partial charge on any atom is 0.445 e. The van der Waals surface area contributed by atoms with Crippen molar-refractivity contribution in [1.82, 2.24) is 29.9 Å². The van der Waals surface area contributed by atoms with Crippen molar-refractivity contribution >= 4 is 28.2 Å². The molecule has 150 valence electrons. The van der Waals surface area contributed by atoms with Gasteiger partial charge in [-0.3, -0.25) is 4.90 Å². The summed E-state index contributed by atoms with van der Waals surface area (Å²) >= 11 is 1.98. The lowest BCUT2D eigenvalue weighted by molar-refractivity contribution is -0.138. The highest BCUT2D eigenvalue weighted by Gasteiger charge is 2.36. The van der Waals surface area contributed by atoms with Crippen LogP contribution in [0.3, 0.4) is 0 Å². The third-order valence-electron chi connectivity index (χ3n) is 4.18. The van der Waals surface area contributed by atoms with Gasteiger partial charge in [0.2, 0.25) is 10.1 Å². The number of alkyl halides is 3. The Balaban J connectivity index is 1.30. The zero-order chi connectivity index (χ0) is 19.7. The molecule has 0 amide bonds. The van der Waals surface area contributed by atoms with E-state index in [9.17, 15) is 13.2 Å². The van der Waals surface area contributed by atoms with Gasteiger partial charge in [0.15, 0.2) is 10.2 Å². The fourth-order valence-electron chi connectivity index (χ4n) is 2.73. The standard InChI is InChI=1S/C15H16F3N7OS2/c1-23-9-19-21-13(23)27-11-3-2-10(26-11)8-24-4-6-25(7-5-24)14-22-20-12(28-14)15(16,17)18/h2-3,9H,4-8H2,1H3. The normalized spacial score (nSPS) is 16.1. The molecule has 1 aliphatic rings. The first-order valence-corrected chi connectivity index (χ1v) is 10.0. The summed E-state index contributed by atoms with van der Waals surface area (Å²) in [6.07, 6.45) is -2.82. The summed E-state index contributed by atoms with van der Waals surface area (Å²) in [5, 5.41) is 15.7. The Morgan fingerprint density at radius 3 is 2.57 bits per heavy atom. The first kappa shape index (κ1) is 19.2. The van der Waals surface area contributed by atoms with Crippen molar-refractivity contribution in [2.24, 2.45) is 7.05 Å². The predicted octanol–water partition coefficient (Wildman–Crippen LogP) is 2.75. The summed E-state index contributed by atoms with van der Waals surface area (Å²) in [5.74, 6) is 0.827. The first-order chi connectivity index (χ1) is 13.4. The molecule has 1 aliphatic heterocycles. The SMILES string of the molecule is Cn1cnnc1Sc1ccc(CN2CCN(c3nnc(C(F)(F)F)s3)CC2)o1. The highest BCUT2D eigenvalue weighted by Crippen LogP contribution is 2.34. The molecule has 8 nitrogen and oxygen atoms in total. The summed E-state index contributed by atoms with van der Waals surface area (Å²) < 4.78 is 45.7. The topological polar surface area (TPSA) is 76.1 Å². The van der Waals surface area contributed by atoms with Crippen molar-refractivity contribution in [1.29, 1.82) is 0 Å². The number of piperazine rings is 1. The van der Waals surface area contributed by atoms with Crippen LogP contribution in [0.25, 0.3) is 0 Å². The number of rotatable bonds is 5. The number of nitrogens with zero attached hydrogens (tertiary/aromatic N) is 7. The molecule has 0 saturated carbocycles. The lowest BCUT2D eigenvalue weighted by Gasteiger charge is -2.33. The van der Waals surface area contributed by atoms with Gasteiger partial charge in [-0.05, 0) is 23.9 Å². The van der Waals surface area contributed by atoms with E-state index in [0.717, 1.165) is 16.0 Å². The molecule has 13 heteroatoms. The van der Waals surface area contributed by atoms with Crippen molar-refractivity contribution in [3.8, 4) is 0 Å². The van der Waals surface area contributed by atoms with Gasteiger partial charge in [-0.15, -0.1) is 20.4 Å². The molecule has 0 N–H and O–H groups in total. The molecule has 0 unspecified atom stereocenters. The Bertz CT molecular complexity index is 930. The van der Waals surface area contributed by atoms with Gasteiger partial charge in [-0.25, -0.2) is 0 Å². The lowest BCUT2D eigenvalue weighted by Crippen LogP contribution is -2.45. The van der Waals surface area contributed by atoms with Crippen LogP contribution in [0, 0.1) is 0 Å². The molecule has 4 rings (SSSR count). The van der Waals surface area contributed by atoms with Crippen molar-refractivity contribution in [2.45, 2.75) is 23.0 Å². The summed E-state index contributed by atoms with van der Waals surface area (Å²) in [6.45, 7) is 3.22. The van der Waals surface area contributed by atoms with Gasteiger partial charge in [-0.1, -0.05) is 11.3 Å². The van der Waals surface area contributed by atoms with Gasteiger partial charge in [0, 0.05) is 33.2 Å². The molecule has 1 saturated heterocycles. The largest absolute Gasteiger partial charge is 0.453 e. The molecular weight excluding hydrogens is 415 g/mol. The monoisotopic (exact) mass is 431 g/mol. The molecular formula is C15H16F3N7OS2. The maximum atomic E-state index is 12.7. The Morgan fingerprint density at radius 1 is 1.14 bits per heavy atom. The average Bonchev–Trinajstić information content (AvgIpc) is 3.38. The van der Waals surface area contributed by atoms with E-state index in [0.29, 0.717) is 49.2 Å². The molecule has 28 heavy (non-hydrogen) atoms. The van der Waals surface area contributed by atoms with Crippen LogP contribution in [0.2, 0.25) is 0 Å². The van der Waals surface area contributed by atoms with E-state index in [1.807, 2.05) is 28.6 Å². The van der Waals surface area contributed by atoms with Crippen LogP contribution in [0.1, 0.15) is 10.8 Å². The highest BCUT2D eigenvalue weighted by atomic mass is 32.2. The third kappa shape index (κ3) is 4.31. The minimum atomic E-state index is -4.45. The first-order valence-electron chi connectivity index (χ1n) is 8.37. The summed E-state index contributed by atoms with van der Waals surface area (Å²) in [6, 6.07) is 3.82. The number of halogens is 3. The minimum absolute atomic E-state index is 0.312. The quantitative estimate of drug-likeness (QED) is 0.611. The second kappa shape index (κ2) is 7.72. The summed E-state index contributed by atoms with van der Waals surface area (Å²) in [5.41, 5.74) is 0. The lowest BCUT2D eigenvalue weighted by atomic mass is 10.3. The highest BCUT2D eigenvalue weighted by molar-refractivity contribution is 7.99. The zero-order valence-corrected chi connectivity index (χ0v) is 16.4. The number of furan rings is 1. The second-order valence-electron chi connectivity index (χ2n) is 6.20. The van der Waals surface area contributed by atoms with E-state index < -0.39 is 11.2 Å². The zero-order valence-electron chi connectivity index (χ0n) is 14.8. The molecule has 4 heterocycles. The van der Waals surface area contributed by atoms with E-state index in [1.54, 1.807) is 6.33 Å². The van der Waals surface area contributed by atoms with Crippen LogP contribution in [-0.4, -0.2) is 56.0 Å². The molecule has 3 aromatic heterocycles. The van der Waals surface area contributed by atoms with Gasteiger partial charge < -0.3 is 13.9 Å². The number of aromatic nitrogens is 5. The molecule has 0 spiro atoms. The van der Waals surface area contributed by atoms with E-state index in [2.05, 4.69) is 25.3 Å². The van der Waals surface area contributed by atoms with Crippen LogP contribution in [-0.2, 0) is 19.8 Å². The molecule has 0 radical (unpaired) electrons. The van der Waals surface area contributed by atoms with Crippen LogP contribution in [0.4, 0.5) is 18.3 Å². The smallest absolute Gasteiger partial charge is 0.445 e. The Morgan fingerprint density at radius 2 is 1.93 bits per heavy atom. The van der Waals surface area contributed by atoms with Crippen molar-refractivity contribution in [2.75, 3.05) is 31.1 Å². The fourth-order valence-corrected chi connectivity index (χ4v) is 4.24. The number of hydrogen-bond donors (Lipinski definition) is 0. The van der Waals surface area contributed by atoms with E-state index in [-0.39, 0.29) is 0 Å². The van der Waals surface area contributed by atoms with Gasteiger partial charge >= 0.3 is 6.18 Å². The van der Waals surface area contributed by atoms with Crippen LogP contribution in [0.5, 0.6) is 0 Å². The average molecular weight is 431 g/mol. The Labute approximate surface area is 166 Å². The van der Waals surface area contributed by atoms with Crippen molar-refractivity contribution in [3.63, 3.8) is 0 Å². The molecule has 3 aromatic rings. The van der Waals surface area contributed by atoms with Gasteiger partial charge in [0.05, 0.1) is 6.54 Å². The van der Waals surface area contributed by atoms with Crippen LogP contribution in [0.15, 0.2) is 33.1 Å². The summed E-state index contributed by atoms with van der Waals surface area (Å²) in [4.78, 5) is 4.03. The molecule has 0 aliphatic carbocycles. The van der Waals surface area contributed by atoms with Gasteiger partial charge in [0.1, 0.15) is 12.1 Å². The van der Waals surface area contributed by atoms with Crippen molar-refractivity contribution in [3.05, 3.63) is 29.2 Å². The van der Waals surface area contributed by atoms with E-state index in [1.165, 1.54) is 11.8 Å².